The minimum Gasteiger partial charge on any atom is -0.370 e. The first-order valence-corrected chi connectivity index (χ1v) is 6.59. The number of anilines is 1. The zero-order valence-corrected chi connectivity index (χ0v) is 11.0. The molecule has 17 heavy (non-hydrogen) atoms. The van der Waals surface area contributed by atoms with E-state index >= 15 is 0 Å². The Balaban J connectivity index is 1.70. The summed E-state index contributed by atoms with van der Waals surface area (Å²) in [7, 11) is 0. The molecule has 1 aliphatic heterocycles. The van der Waals surface area contributed by atoms with E-state index in [-0.39, 0.29) is 0 Å². The first-order chi connectivity index (χ1) is 8.24. The summed E-state index contributed by atoms with van der Waals surface area (Å²) in [4.78, 5) is 10.8. The average Bonchev–Trinajstić information content (AvgIpc) is 2.76. The third-order valence-electron chi connectivity index (χ3n) is 2.96. The number of aromatic nitrogens is 2. The van der Waals surface area contributed by atoms with Gasteiger partial charge in [0.1, 0.15) is 16.8 Å². The minimum atomic E-state index is 0.500. The second-order valence-corrected chi connectivity index (χ2v) is 4.84. The molecule has 0 aliphatic carbocycles. The van der Waals surface area contributed by atoms with E-state index in [9.17, 15) is 0 Å². The van der Waals surface area contributed by atoms with Crippen LogP contribution >= 0.6 is 11.6 Å². The maximum absolute atomic E-state index is 5.87. The van der Waals surface area contributed by atoms with Crippen LogP contribution in [0.3, 0.4) is 0 Å². The van der Waals surface area contributed by atoms with Crippen LogP contribution < -0.4 is 5.32 Å². The molecule has 0 atom stereocenters. The third kappa shape index (κ3) is 4.13. The predicted molar refractivity (Wildman–Crippen MR) is 70.6 cm³/mol. The second-order valence-electron chi connectivity index (χ2n) is 4.45. The number of aryl methyl sites for hydroxylation is 1. The van der Waals surface area contributed by atoms with Crippen LogP contribution in [0.2, 0.25) is 5.15 Å². The maximum Gasteiger partial charge on any atom is 0.134 e. The van der Waals surface area contributed by atoms with Gasteiger partial charge in [-0.25, -0.2) is 9.97 Å². The van der Waals surface area contributed by atoms with Crippen molar-refractivity contribution in [3.05, 3.63) is 17.0 Å². The van der Waals surface area contributed by atoms with Gasteiger partial charge in [0.15, 0.2) is 0 Å². The van der Waals surface area contributed by atoms with Crippen LogP contribution in [0, 0.1) is 6.92 Å². The lowest BCUT2D eigenvalue weighted by molar-refractivity contribution is 0.337. The van der Waals surface area contributed by atoms with Crippen LogP contribution in [0.15, 0.2) is 6.07 Å². The molecule has 0 aromatic carbocycles. The number of likely N-dealkylation sites (tertiary alicyclic amines) is 1. The van der Waals surface area contributed by atoms with Crippen molar-refractivity contribution in [2.45, 2.75) is 26.2 Å². The first kappa shape index (κ1) is 12.6. The lowest BCUT2D eigenvalue weighted by atomic mass is 10.4. The number of hydrogen-bond acceptors (Lipinski definition) is 4. The van der Waals surface area contributed by atoms with Crippen LogP contribution in [0.1, 0.15) is 25.1 Å². The molecule has 1 fully saturated rings. The molecule has 2 rings (SSSR count). The van der Waals surface area contributed by atoms with E-state index < -0.39 is 0 Å². The largest absolute Gasteiger partial charge is 0.370 e. The van der Waals surface area contributed by atoms with Gasteiger partial charge in [-0.05, 0) is 45.8 Å². The lowest BCUT2D eigenvalue weighted by Crippen LogP contribution is -2.22. The Morgan fingerprint density at radius 2 is 2.12 bits per heavy atom. The Kier molecular flexibility index (Phi) is 4.57. The number of halogens is 1. The van der Waals surface area contributed by atoms with Crippen molar-refractivity contribution in [1.82, 2.24) is 14.9 Å². The van der Waals surface area contributed by atoms with Gasteiger partial charge >= 0.3 is 0 Å². The van der Waals surface area contributed by atoms with E-state index in [0.29, 0.717) is 11.0 Å². The molecular weight excluding hydrogens is 236 g/mol. The number of rotatable bonds is 5. The molecule has 0 radical (unpaired) electrons. The van der Waals surface area contributed by atoms with Gasteiger partial charge in [0, 0.05) is 12.6 Å². The summed E-state index contributed by atoms with van der Waals surface area (Å²) in [6.07, 6.45) is 3.85. The van der Waals surface area contributed by atoms with Gasteiger partial charge in [-0.15, -0.1) is 0 Å². The first-order valence-electron chi connectivity index (χ1n) is 6.21. The second kappa shape index (κ2) is 6.17. The van der Waals surface area contributed by atoms with E-state index in [1.807, 2.05) is 6.92 Å². The molecule has 0 bridgehead atoms. The van der Waals surface area contributed by atoms with Crippen LogP contribution in [0.4, 0.5) is 5.82 Å². The highest BCUT2D eigenvalue weighted by atomic mass is 35.5. The summed E-state index contributed by atoms with van der Waals surface area (Å²) in [5, 5.41) is 3.79. The topological polar surface area (TPSA) is 41.1 Å². The molecule has 1 aromatic heterocycles. The molecule has 0 spiro atoms. The zero-order valence-electron chi connectivity index (χ0n) is 10.2. The Bertz CT molecular complexity index is 343. The molecule has 0 amide bonds. The van der Waals surface area contributed by atoms with Crippen LogP contribution in [0.5, 0.6) is 0 Å². The SMILES string of the molecule is Cc1nc(Cl)cc(NCCCN2CCCC2)n1. The molecule has 5 heteroatoms. The standard InChI is InChI=1S/C12H19ClN4/c1-10-15-11(13)9-12(16-10)14-5-4-8-17-6-2-3-7-17/h9H,2-8H2,1H3,(H,14,15,16). The molecule has 2 heterocycles. The molecule has 0 saturated carbocycles. The van der Waals surface area contributed by atoms with Crippen molar-refractivity contribution >= 4 is 17.4 Å². The van der Waals surface area contributed by atoms with Gasteiger partial charge in [-0.3, -0.25) is 0 Å². The smallest absolute Gasteiger partial charge is 0.134 e. The van der Waals surface area contributed by atoms with E-state index in [4.69, 9.17) is 11.6 Å². The Hall–Kier alpha value is -0.870. The summed E-state index contributed by atoms with van der Waals surface area (Å²) in [5.74, 6) is 1.53. The highest BCUT2D eigenvalue weighted by Crippen LogP contribution is 2.11. The monoisotopic (exact) mass is 254 g/mol. The highest BCUT2D eigenvalue weighted by Gasteiger charge is 2.10. The van der Waals surface area contributed by atoms with Gasteiger partial charge < -0.3 is 10.2 Å². The van der Waals surface area contributed by atoms with E-state index in [1.54, 1.807) is 6.07 Å². The van der Waals surface area contributed by atoms with Crippen molar-refractivity contribution in [3.8, 4) is 0 Å². The third-order valence-corrected chi connectivity index (χ3v) is 3.16. The number of hydrogen-bond donors (Lipinski definition) is 1. The van der Waals surface area contributed by atoms with Gasteiger partial charge in [0.05, 0.1) is 0 Å². The molecule has 1 saturated heterocycles. The number of nitrogens with one attached hydrogen (secondary N) is 1. The van der Waals surface area contributed by atoms with Crippen molar-refractivity contribution < 1.29 is 0 Å². The fourth-order valence-corrected chi connectivity index (χ4v) is 2.37. The fraction of sp³-hybridized carbons (Fsp3) is 0.667. The molecule has 1 aromatic rings. The van der Waals surface area contributed by atoms with Crippen LogP contribution in [0.25, 0.3) is 0 Å². The van der Waals surface area contributed by atoms with Gasteiger partial charge in [-0.2, -0.15) is 0 Å². The summed E-state index contributed by atoms with van der Waals surface area (Å²) in [6, 6.07) is 1.77. The molecular formula is C12H19ClN4. The summed E-state index contributed by atoms with van der Waals surface area (Å²) in [5.41, 5.74) is 0. The van der Waals surface area contributed by atoms with Crippen LogP contribution in [-0.2, 0) is 0 Å². The lowest BCUT2D eigenvalue weighted by Gasteiger charge is -2.14. The Morgan fingerprint density at radius 1 is 1.35 bits per heavy atom. The molecule has 4 nitrogen and oxygen atoms in total. The molecule has 94 valence electrons. The summed E-state index contributed by atoms with van der Waals surface area (Å²) in [6.45, 7) is 6.48. The molecule has 0 unspecified atom stereocenters. The van der Waals surface area contributed by atoms with Gasteiger partial charge in [0.2, 0.25) is 0 Å². The quantitative estimate of drug-likeness (QED) is 0.647. The fourth-order valence-electron chi connectivity index (χ4n) is 2.15. The number of nitrogens with zero attached hydrogens (tertiary/aromatic N) is 3. The average molecular weight is 255 g/mol. The summed E-state index contributed by atoms with van der Waals surface area (Å²) < 4.78 is 0. The Morgan fingerprint density at radius 3 is 2.82 bits per heavy atom. The van der Waals surface area contributed by atoms with Crippen molar-refractivity contribution in [1.29, 1.82) is 0 Å². The Labute approximate surface area is 107 Å². The predicted octanol–water partition coefficient (Wildman–Crippen LogP) is 2.34. The molecule has 1 N–H and O–H groups in total. The highest BCUT2D eigenvalue weighted by molar-refractivity contribution is 6.29. The van der Waals surface area contributed by atoms with E-state index in [1.165, 1.54) is 32.5 Å². The van der Waals surface area contributed by atoms with Gasteiger partial charge in [0.25, 0.3) is 0 Å². The molecule has 1 aliphatic rings. The van der Waals surface area contributed by atoms with Crippen molar-refractivity contribution in [2.24, 2.45) is 0 Å². The summed E-state index contributed by atoms with van der Waals surface area (Å²) >= 11 is 5.87. The maximum atomic E-state index is 5.87. The minimum absolute atomic E-state index is 0.500. The van der Waals surface area contributed by atoms with Gasteiger partial charge in [-0.1, -0.05) is 11.6 Å². The van der Waals surface area contributed by atoms with Crippen molar-refractivity contribution in [2.75, 3.05) is 31.5 Å². The van der Waals surface area contributed by atoms with Crippen LogP contribution in [-0.4, -0.2) is 41.0 Å². The van der Waals surface area contributed by atoms with Crippen molar-refractivity contribution in [3.63, 3.8) is 0 Å². The zero-order chi connectivity index (χ0) is 12.1. The van der Waals surface area contributed by atoms with E-state index in [2.05, 4.69) is 20.2 Å². The normalized spacial score (nSPS) is 16.4. The van der Waals surface area contributed by atoms with E-state index in [0.717, 1.165) is 18.8 Å².